The highest BCUT2D eigenvalue weighted by Gasteiger charge is 2.17. The van der Waals surface area contributed by atoms with E-state index in [1.165, 1.54) is 23.9 Å². The van der Waals surface area contributed by atoms with Crippen molar-refractivity contribution in [3.8, 4) is 0 Å². The van der Waals surface area contributed by atoms with Crippen molar-refractivity contribution >= 4 is 46.8 Å². The van der Waals surface area contributed by atoms with Crippen LogP contribution in [0.15, 0.2) is 53.4 Å². The van der Waals surface area contributed by atoms with Crippen molar-refractivity contribution in [2.45, 2.75) is 17.1 Å². The molecular weight excluding hydrogens is 376 g/mol. The summed E-state index contributed by atoms with van der Waals surface area (Å²) in [5.74, 6) is -1.53. The van der Waals surface area contributed by atoms with E-state index >= 15 is 0 Å². The molecule has 0 aliphatic heterocycles. The van der Waals surface area contributed by atoms with E-state index in [1.807, 2.05) is 0 Å². The van der Waals surface area contributed by atoms with Gasteiger partial charge in [-0.15, -0.1) is 11.8 Å². The van der Waals surface area contributed by atoms with Gasteiger partial charge >= 0.3 is 5.97 Å². The molecule has 0 unspecified atom stereocenters. The molecule has 2 amide bonds. The average Bonchev–Trinajstić information content (AvgIpc) is 2.62. The van der Waals surface area contributed by atoms with Crippen LogP contribution >= 0.6 is 23.4 Å². The second-order valence-electron chi connectivity index (χ2n) is 5.31. The van der Waals surface area contributed by atoms with Crippen molar-refractivity contribution in [1.82, 2.24) is 0 Å². The molecule has 2 rings (SSSR count). The molecule has 0 saturated heterocycles. The number of hydrogen-bond acceptors (Lipinski definition) is 5. The second-order valence-corrected chi connectivity index (χ2v) is 7.16. The van der Waals surface area contributed by atoms with Gasteiger partial charge in [-0.25, -0.2) is 0 Å². The molecule has 0 bridgehead atoms. The third-order valence-electron chi connectivity index (χ3n) is 3.26. The Labute approximate surface area is 160 Å². The summed E-state index contributed by atoms with van der Waals surface area (Å²) in [5.41, 5.74) is 5.95. The van der Waals surface area contributed by atoms with Crippen molar-refractivity contribution in [3.05, 3.63) is 59.1 Å². The number of carbonyl (C=O) groups excluding carboxylic acids is 3. The Morgan fingerprint density at radius 2 is 1.73 bits per heavy atom. The normalized spacial score (nSPS) is 11.5. The Kier molecular flexibility index (Phi) is 7.06. The number of anilines is 1. The predicted octanol–water partition coefficient (Wildman–Crippen LogP) is 3.10. The minimum Gasteiger partial charge on any atom is -0.455 e. The van der Waals surface area contributed by atoms with Gasteiger partial charge in [-0.3, -0.25) is 14.4 Å². The van der Waals surface area contributed by atoms with E-state index in [9.17, 15) is 14.4 Å². The Morgan fingerprint density at radius 3 is 2.31 bits per heavy atom. The van der Waals surface area contributed by atoms with E-state index in [0.717, 1.165) is 4.90 Å². The lowest BCUT2D eigenvalue weighted by Gasteiger charge is -2.11. The van der Waals surface area contributed by atoms with Crippen LogP contribution in [0.2, 0.25) is 5.02 Å². The Morgan fingerprint density at radius 1 is 1.12 bits per heavy atom. The van der Waals surface area contributed by atoms with Crippen LogP contribution in [-0.2, 0) is 14.3 Å². The van der Waals surface area contributed by atoms with Crippen molar-refractivity contribution in [2.75, 3.05) is 11.9 Å². The van der Waals surface area contributed by atoms with Crippen LogP contribution in [0.25, 0.3) is 0 Å². The fourth-order valence-electron chi connectivity index (χ4n) is 1.93. The zero-order valence-corrected chi connectivity index (χ0v) is 15.5. The summed E-state index contributed by atoms with van der Waals surface area (Å²) in [5, 5.41) is 2.71. The van der Waals surface area contributed by atoms with E-state index in [2.05, 4.69) is 5.32 Å². The number of carbonyl (C=O) groups is 3. The summed E-state index contributed by atoms with van der Waals surface area (Å²) >= 11 is 7.13. The maximum atomic E-state index is 12.0. The fourth-order valence-corrected chi connectivity index (χ4v) is 2.93. The van der Waals surface area contributed by atoms with Gasteiger partial charge in [0, 0.05) is 21.2 Å². The second kappa shape index (κ2) is 9.26. The topological polar surface area (TPSA) is 98.5 Å². The van der Waals surface area contributed by atoms with E-state index in [4.69, 9.17) is 22.1 Å². The first-order valence-corrected chi connectivity index (χ1v) is 8.89. The zero-order chi connectivity index (χ0) is 19.1. The van der Waals surface area contributed by atoms with E-state index < -0.39 is 29.6 Å². The largest absolute Gasteiger partial charge is 0.455 e. The van der Waals surface area contributed by atoms with Gasteiger partial charge in [0.1, 0.15) is 5.25 Å². The number of esters is 1. The number of amides is 2. The first kappa shape index (κ1) is 19.8. The number of hydrogen-bond donors (Lipinski definition) is 2. The molecule has 6 nitrogen and oxygen atoms in total. The van der Waals surface area contributed by atoms with Gasteiger partial charge < -0.3 is 15.8 Å². The highest BCUT2D eigenvalue weighted by atomic mass is 35.5. The van der Waals surface area contributed by atoms with Gasteiger partial charge in [-0.1, -0.05) is 11.6 Å². The van der Waals surface area contributed by atoms with E-state index in [1.54, 1.807) is 43.3 Å². The van der Waals surface area contributed by atoms with Crippen LogP contribution in [0, 0.1) is 0 Å². The third kappa shape index (κ3) is 6.09. The summed E-state index contributed by atoms with van der Waals surface area (Å²) in [6, 6.07) is 13.2. The number of primary amides is 1. The summed E-state index contributed by atoms with van der Waals surface area (Å²) in [6.07, 6.45) is 0. The van der Waals surface area contributed by atoms with Crippen LogP contribution in [0.5, 0.6) is 0 Å². The maximum Gasteiger partial charge on any atom is 0.319 e. The zero-order valence-electron chi connectivity index (χ0n) is 13.9. The summed E-state index contributed by atoms with van der Waals surface area (Å²) in [7, 11) is 0. The van der Waals surface area contributed by atoms with Crippen LogP contribution < -0.4 is 11.1 Å². The lowest BCUT2D eigenvalue weighted by Crippen LogP contribution is -2.24. The number of rotatable bonds is 7. The van der Waals surface area contributed by atoms with Crippen LogP contribution in [0.4, 0.5) is 5.69 Å². The first-order chi connectivity index (χ1) is 12.3. The van der Waals surface area contributed by atoms with Crippen LogP contribution in [0.3, 0.4) is 0 Å². The molecule has 1 atom stereocenters. The molecule has 0 aliphatic carbocycles. The molecule has 2 aromatic carbocycles. The highest BCUT2D eigenvalue weighted by molar-refractivity contribution is 8.00. The lowest BCUT2D eigenvalue weighted by molar-refractivity contribution is -0.146. The van der Waals surface area contributed by atoms with Crippen LogP contribution in [-0.4, -0.2) is 29.6 Å². The van der Waals surface area contributed by atoms with Crippen molar-refractivity contribution in [1.29, 1.82) is 0 Å². The number of benzene rings is 2. The molecule has 136 valence electrons. The molecule has 3 N–H and O–H groups in total. The number of halogens is 1. The predicted molar refractivity (Wildman–Crippen MR) is 101 cm³/mol. The van der Waals surface area contributed by atoms with E-state index in [-0.39, 0.29) is 0 Å². The Balaban J connectivity index is 1.79. The number of thioether (sulfide) groups is 1. The molecule has 0 radical (unpaired) electrons. The summed E-state index contributed by atoms with van der Waals surface area (Å²) < 4.78 is 5.02. The number of ether oxygens (including phenoxy) is 1. The first-order valence-electron chi connectivity index (χ1n) is 7.63. The summed E-state index contributed by atoms with van der Waals surface area (Å²) in [4.78, 5) is 35.7. The molecule has 8 heteroatoms. The minimum absolute atomic E-state index is 0.336. The number of nitrogens with two attached hydrogens (primary N) is 1. The van der Waals surface area contributed by atoms with Gasteiger partial charge in [-0.05, 0) is 55.5 Å². The fraction of sp³-hybridized carbons (Fsp3) is 0.167. The third-order valence-corrected chi connectivity index (χ3v) is 4.60. The van der Waals surface area contributed by atoms with Crippen molar-refractivity contribution in [3.63, 3.8) is 0 Å². The van der Waals surface area contributed by atoms with Gasteiger partial charge in [0.25, 0.3) is 5.91 Å². The average molecular weight is 393 g/mol. The smallest absolute Gasteiger partial charge is 0.319 e. The molecule has 0 spiro atoms. The molecule has 2 aromatic rings. The van der Waals surface area contributed by atoms with Gasteiger partial charge in [0.2, 0.25) is 5.91 Å². The molecule has 0 fully saturated rings. The van der Waals surface area contributed by atoms with Gasteiger partial charge in [0.15, 0.2) is 6.61 Å². The quantitative estimate of drug-likeness (QED) is 0.557. The lowest BCUT2D eigenvalue weighted by atomic mass is 10.2. The molecule has 26 heavy (non-hydrogen) atoms. The Bertz CT molecular complexity index is 794. The SMILES string of the molecule is C[C@H](Sc1ccc(Cl)cc1)C(=O)OCC(=O)Nc1ccc(C(N)=O)cc1. The highest BCUT2D eigenvalue weighted by Crippen LogP contribution is 2.25. The van der Waals surface area contributed by atoms with Crippen LogP contribution in [0.1, 0.15) is 17.3 Å². The van der Waals surface area contributed by atoms with E-state index in [0.29, 0.717) is 16.3 Å². The molecule has 0 saturated carbocycles. The van der Waals surface area contributed by atoms with Crippen molar-refractivity contribution < 1.29 is 19.1 Å². The summed E-state index contributed by atoms with van der Waals surface area (Å²) in [6.45, 7) is 1.30. The van der Waals surface area contributed by atoms with Gasteiger partial charge in [0.05, 0.1) is 0 Å². The molecule has 0 heterocycles. The standard InChI is InChI=1S/C18H17ClN2O4S/c1-11(26-15-8-4-13(19)5-9-15)18(24)25-10-16(22)21-14-6-2-12(3-7-14)17(20)23/h2-9,11H,10H2,1H3,(H2,20,23)(H,21,22)/t11-/m0/s1. The molecule has 0 aromatic heterocycles. The maximum absolute atomic E-state index is 12.0. The Hall–Kier alpha value is -2.51. The monoisotopic (exact) mass is 392 g/mol. The molecular formula is C18H17ClN2O4S. The minimum atomic E-state index is -0.552. The molecule has 0 aliphatic rings. The number of nitrogens with one attached hydrogen (secondary N) is 1. The van der Waals surface area contributed by atoms with Crippen molar-refractivity contribution in [2.24, 2.45) is 5.73 Å². The van der Waals surface area contributed by atoms with Gasteiger partial charge in [-0.2, -0.15) is 0 Å².